The van der Waals surface area contributed by atoms with Crippen LogP contribution in [-0.2, 0) is 13.1 Å². The molecule has 0 aliphatic heterocycles. The van der Waals surface area contributed by atoms with E-state index >= 15 is 0 Å². The highest BCUT2D eigenvalue weighted by molar-refractivity contribution is 5.14. The fourth-order valence-corrected chi connectivity index (χ4v) is 4.48. The highest BCUT2D eigenvalue weighted by Crippen LogP contribution is 2.65. The molecule has 1 heterocycles. The molecule has 0 saturated heterocycles. The van der Waals surface area contributed by atoms with Crippen molar-refractivity contribution in [1.82, 2.24) is 15.1 Å². The summed E-state index contributed by atoms with van der Waals surface area (Å²) in [6.07, 6.45) is 8.00. The summed E-state index contributed by atoms with van der Waals surface area (Å²) < 4.78 is 1.81. The lowest BCUT2D eigenvalue weighted by atomic mass is 9.69. The Balaban J connectivity index is 1.62. The lowest BCUT2D eigenvalue weighted by Crippen LogP contribution is -2.44. The maximum absolute atomic E-state index is 8.92. The van der Waals surface area contributed by atoms with Crippen LogP contribution in [0.1, 0.15) is 45.6 Å². The number of nitrogens with one attached hydrogen (secondary N) is 1. The van der Waals surface area contributed by atoms with E-state index < -0.39 is 0 Å². The number of aliphatic hydroxyl groups excluding tert-OH is 1. The molecule has 2 aliphatic rings. The average molecular weight is 277 g/mol. The summed E-state index contributed by atoms with van der Waals surface area (Å²) in [5, 5.41) is 16.9. The Morgan fingerprint density at radius 3 is 2.85 bits per heavy atom. The second-order valence-corrected chi connectivity index (χ2v) is 7.38. The first kappa shape index (κ1) is 14.1. The Morgan fingerprint density at radius 1 is 1.45 bits per heavy atom. The largest absolute Gasteiger partial charge is 0.394 e. The summed E-state index contributed by atoms with van der Waals surface area (Å²) in [6, 6.07) is 0.623. The molecule has 0 amide bonds. The normalized spacial score (nSPS) is 34.8. The molecule has 112 valence electrons. The number of rotatable bonds is 5. The molecule has 4 heteroatoms. The predicted molar refractivity (Wildman–Crippen MR) is 79.2 cm³/mol. The lowest BCUT2D eigenvalue weighted by molar-refractivity contribution is 0.120. The van der Waals surface area contributed by atoms with Crippen molar-refractivity contribution in [1.29, 1.82) is 0 Å². The van der Waals surface area contributed by atoms with Crippen molar-refractivity contribution < 1.29 is 5.11 Å². The van der Waals surface area contributed by atoms with Gasteiger partial charge in [0.1, 0.15) is 0 Å². The van der Waals surface area contributed by atoms with Crippen LogP contribution in [-0.4, -0.2) is 27.5 Å². The van der Waals surface area contributed by atoms with Gasteiger partial charge >= 0.3 is 0 Å². The second kappa shape index (κ2) is 4.85. The van der Waals surface area contributed by atoms with Gasteiger partial charge in [-0.3, -0.25) is 4.68 Å². The minimum absolute atomic E-state index is 0.144. The van der Waals surface area contributed by atoms with Gasteiger partial charge in [-0.25, -0.2) is 0 Å². The molecule has 1 aromatic heterocycles. The summed E-state index contributed by atoms with van der Waals surface area (Å²) in [5.41, 5.74) is 2.10. The van der Waals surface area contributed by atoms with Gasteiger partial charge in [-0.15, -0.1) is 0 Å². The minimum Gasteiger partial charge on any atom is -0.394 e. The van der Waals surface area contributed by atoms with Crippen LogP contribution >= 0.6 is 0 Å². The van der Waals surface area contributed by atoms with Crippen LogP contribution in [0.3, 0.4) is 0 Å². The van der Waals surface area contributed by atoms with Crippen LogP contribution in [0.5, 0.6) is 0 Å². The molecule has 3 atom stereocenters. The molecule has 2 saturated carbocycles. The molecular formula is C16H27N3O. The van der Waals surface area contributed by atoms with E-state index in [-0.39, 0.29) is 6.61 Å². The van der Waals surface area contributed by atoms with Crippen molar-refractivity contribution >= 4 is 0 Å². The zero-order valence-corrected chi connectivity index (χ0v) is 12.9. The molecule has 2 N–H and O–H groups in total. The van der Waals surface area contributed by atoms with Crippen LogP contribution in [0.4, 0.5) is 0 Å². The Bertz CT molecular complexity index is 482. The summed E-state index contributed by atoms with van der Waals surface area (Å²) in [4.78, 5) is 0. The fourth-order valence-electron chi connectivity index (χ4n) is 4.48. The topological polar surface area (TPSA) is 50.1 Å². The molecule has 0 radical (unpaired) electrons. The van der Waals surface area contributed by atoms with E-state index in [4.69, 9.17) is 5.11 Å². The third-order valence-electron chi connectivity index (χ3n) is 6.36. The Hall–Kier alpha value is -0.870. The van der Waals surface area contributed by atoms with Gasteiger partial charge in [0.15, 0.2) is 0 Å². The number of fused-ring (bicyclic) bond motifs is 2. The predicted octanol–water partition coefficient (Wildman–Crippen LogP) is 2.18. The number of hydrogen-bond donors (Lipinski definition) is 2. The van der Waals surface area contributed by atoms with Crippen LogP contribution in [0.15, 0.2) is 12.4 Å². The van der Waals surface area contributed by atoms with Crippen molar-refractivity contribution in [2.75, 3.05) is 6.61 Å². The summed E-state index contributed by atoms with van der Waals surface area (Å²) >= 11 is 0. The van der Waals surface area contributed by atoms with Crippen LogP contribution in [0, 0.1) is 16.7 Å². The number of hydrogen-bond acceptors (Lipinski definition) is 3. The first-order valence-corrected chi connectivity index (χ1v) is 7.83. The van der Waals surface area contributed by atoms with E-state index in [9.17, 15) is 0 Å². The lowest BCUT2D eigenvalue weighted by Gasteiger charge is -2.39. The van der Waals surface area contributed by atoms with Crippen molar-refractivity contribution in [2.24, 2.45) is 16.7 Å². The van der Waals surface area contributed by atoms with Crippen molar-refractivity contribution in [3.63, 3.8) is 0 Å². The van der Waals surface area contributed by atoms with Gasteiger partial charge in [0.25, 0.3) is 0 Å². The molecule has 2 bridgehead atoms. The molecule has 3 rings (SSSR count). The monoisotopic (exact) mass is 277 g/mol. The minimum atomic E-state index is 0.144. The van der Waals surface area contributed by atoms with Gasteiger partial charge in [-0.1, -0.05) is 20.8 Å². The highest BCUT2D eigenvalue weighted by atomic mass is 16.3. The molecule has 20 heavy (non-hydrogen) atoms. The Kier molecular flexibility index (Phi) is 3.41. The zero-order chi connectivity index (χ0) is 14.4. The average Bonchev–Trinajstić information content (AvgIpc) is 2.98. The third kappa shape index (κ3) is 2.01. The molecular weight excluding hydrogens is 250 g/mol. The van der Waals surface area contributed by atoms with E-state index in [1.54, 1.807) is 0 Å². The molecule has 4 nitrogen and oxygen atoms in total. The molecule has 0 spiro atoms. The van der Waals surface area contributed by atoms with Crippen LogP contribution < -0.4 is 5.32 Å². The first-order valence-electron chi connectivity index (χ1n) is 7.83. The Morgan fingerprint density at radius 2 is 2.25 bits per heavy atom. The van der Waals surface area contributed by atoms with Gasteiger partial charge in [0.2, 0.25) is 0 Å². The van der Waals surface area contributed by atoms with Crippen molar-refractivity contribution in [3.05, 3.63) is 18.0 Å². The highest BCUT2D eigenvalue weighted by Gasteiger charge is 2.60. The number of nitrogens with zero attached hydrogens (tertiary/aromatic N) is 2. The van der Waals surface area contributed by atoms with Gasteiger partial charge in [-0.2, -0.15) is 5.10 Å². The smallest absolute Gasteiger partial charge is 0.0640 e. The molecule has 2 fully saturated rings. The van der Waals surface area contributed by atoms with Gasteiger partial charge < -0.3 is 10.4 Å². The van der Waals surface area contributed by atoms with E-state index in [0.29, 0.717) is 23.4 Å². The van der Waals surface area contributed by atoms with Crippen molar-refractivity contribution in [3.8, 4) is 0 Å². The molecule has 3 unspecified atom stereocenters. The molecule has 0 aromatic carbocycles. The first-order chi connectivity index (χ1) is 9.47. The third-order valence-corrected chi connectivity index (χ3v) is 6.36. The van der Waals surface area contributed by atoms with E-state index in [0.717, 1.165) is 12.5 Å². The maximum Gasteiger partial charge on any atom is 0.0640 e. The SMILES string of the molecule is CC1(C)C2CCC1(C)C(NCc1cnn(CCO)c1)C2. The van der Waals surface area contributed by atoms with Crippen LogP contribution in [0.25, 0.3) is 0 Å². The van der Waals surface area contributed by atoms with Gasteiger partial charge in [0, 0.05) is 24.3 Å². The van der Waals surface area contributed by atoms with Crippen molar-refractivity contribution in [2.45, 2.75) is 59.2 Å². The molecule has 2 aliphatic carbocycles. The quantitative estimate of drug-likeness (QED) is 0.867. The maximum atomic E-state index is 8.92. The van der Waals surface area contributed by atoms with E-state index in [2.05, 4.69) is 31.2 Å². The van der Waals surface area contributed by atoms with E-state index in [1.807, 2.05) is 17.1 Å². The van der Waals surface area contributed by atoms with E-state index in [1.165, 1.54) is 24.8 Å². The van der Waals surface area contributed by atoms with Crippen LogP contribution in [0.2, 0.25) is 0 Å². The number of aromatic nitrogens is 2. The summed E-state index contributed by atoms with van der Waals surface area (Å²) in [6.45, 7) is 8.97. The Labute approximate surface area is 121 Å². The second-order valence-electron chi connectivity index (χ2n) is 7.38. The standard InChI is InChI=1S/C16H27N3O/c1-15(2)13-4-5-16(15,3)14(8-13)17-9-12-10-18-19(11-12)6-7-20/h10-11,13-14,17,20H,4-9H2,1-3H3. The fraction of sp³-hybridized carbons (Fsp3) is 0.812. The molecule has 1 aromatic rings. The summed E-state index contributed by atoms with van der Waals surface area (Å²) in [7, 11) is 0. The zero-order valence-electron chi connectivity index (χ0n) is 12.9. The summed E-state index contributed by atoms with van der Waals surface area (Å²) in [5.74, 6) is 0.877. The number of aliphatic hydroxyl groups is 1. The van der Waals surface area contributed by atoms with Gasteiger partial charge in [0.05, 0.1) is 19.3 Å². The van der Waals surface area contributed by atoms with Gasteiger partial charge in [-0.05, 0) is 36.0 Å².